The van der Waals surface area contributed by atoms with Crippen LogP contribution < -0.4 is 10.3 Å². The number of hydrogen-bond acceptors (Lipinski definition) is 3. The zero-order chi connectivity index (χ0) is 11.0. The van der Waals surface area contributed by atoms with Gasteiger partial charge in [-0.05, 0) is 28.9 Å². The second-order valence-electron chi connectivity index (χ2n) is 3.15. The maximum Gasteiger partial charge on any atom is 0.259 e. The number of aromatic nitrogens is 2. The first-order chi connectivity index (χ1) is 7.11. The number of ether oxygens (including phenoxy) is 1. The van der Waals surface area contributed by atoms with Gasteiger partial charge in [0.15, 0.2) is 0 Å². The molecule has 0 aliphatic heterocycles. The number of rotatable bonds is 1. The lowest BCUT2D eigenvalue weighted by molar-refractivity contribution is 0.415. The number of halogens is 1. The maximum atomic E-state index is 11.7. The molecule has 5 heteroatoms. The monoisotopic (exact) mass is 268 g/mol. The number of H-pyrrole nitrogens is 1. The van der Waals surface area contributed by atoms with E-state index in [0.717, 1.165) is 0 Å². The first kappa shape index (κ1) is 10.2. The van der Waals surface area contributed by atoms with Gasteiger partial charge in [-0.3, -0.25) is 4.79 Å². The summed E-state index contributed by atoms with van der Waals surface area (Å²) in [5.74, 6) is 1.26. The second-order valence-corrected chi connectivity index (χ2v) is 4.01. The van der Waals surface area contributed by atoms with Crippen LogP contribution in [-0.4, -0.2) is 17.1 Å². The molecule has 0 aliphatic rings. The van der Waals surface area contributed by atoms with Gasteiger partial charge in [0.05, 0.1) is 18.0 Å². The van der Waals surface area contributed by atoms with Gasteiger partial charge in [0.25, 0.3) is 5.56 Å². The number of hydrogen-bond donors (Lipinski definition) is 1. The largest absolute Gasteiger partial charge is 0.497 e. The van der Waals surface area contributed by atoms with Crippen molar-refractivity contribution in [3.63, 3.8) is 0 Å². The Hall–Kier alpha value is -1.36. The number of fused-ring (bicyclic) bond motifs is 1. The van der Waals surface area contributed by atoms with Crippen LogP contribution in [0.5, 0.6) is 5.75 Å². The van der Waals surface area contributed by atoms with E-state index in [1.165, 1.54) is 0 Å². The lowest BCUT2D eigenvalue weighted by atomic mass is 10.2. The molecule has 2 rings (SSSR count). The predicted molar refractivity (Wildman–Crippen MR) is 61.4 cm³/mol. The Balaban J connectivity index is 2.91. The topological polar surface area (TPSA) is 55.0 Å². The van der Waals surface area contributed by atoms with Crippen molar-refractivity contribution in [2.75, 3.05) is 7.11 Å². The summed E-state index contributed by atoms with van der Waals surface area (Å²) in [6.45, 7) is 1.74. The van der Waals surface area contributed by atoms with E-state index in [-0.39, 0.29) is 5.56 Å². The molecule has 2 aromatic rings. The normalized spacial score (nSPS) is 10.6. The summed E-state index contributed by atoms with van der Waals surface area (Å²) < 4.78 is 5.79. The van der Waals surface area contributed by atoms with Crippen LogP contribution in [0.4, 0.5) is 0 Å². The molecule has 0 bridgehead atoms. The summed E-state index contributed by atoms with van der Waals surface area (Å²) in [4.78, 5) is 18.5. The highest BCUT2D eigenvalue weighted by Gasteiger charge is 2.07. The number of methoxy groups -OCH3 is 1. The SMILES string of the molecule is COc1cc(Br)c2c(=O)[nH]c(C)nc2c1. The van der Waals surface area contributed by atoms with Gasteiger partial charge in [-0.15, -0.1) is 0 Å². The van der Waals surface area contributed by atoms with Crippen molar-refractivity contribution in [2.24, 2.45) is 0 Å². The third-order valence-corrected chi connectivity index (χ3v) is 2.71. The molecule has 1 aromatic carbocycles. The van der Waals surface area contributed by atoms with E-state index < -0.39 is 0 Å². The summed E-state index contributed by atoms with van der Waals surface area (Å²) in [7, 11) is 1.58. The Morgan fingerprint density at radius 1 is 1.47 bits per heavy atom. The van der Waals surface area contributed by atoms with E-state index in [2.05, 4.69) is 25.9 Å². The number of benzene rings is 1. The molecule has 15 heavy (non-hydrogen) atoms. The molecule has 0 spiro atoms. The lowest BCUT2D eigenvalue weighted by Gasteiger charge is -2.04. The summed E-state index contributed by atoms with van der Waals surface area (Å²) in [6.07, 6.45) is 0. The van der Waals surface area contributed by atoms with Crippen molar-refractivity contribution in [2.45, 2.75) is 6.92 Å². The van der Waals surface area contributed by atoms with Gasteiger partial charge < -0.3 is 9.72 Å². The van der Waals surface area contributed by atoms with Crippen LogP contribution >= 0.6 is 15.9 Å². The number of nitrogens with one attached hydrogen (secondary N) is 1. The highest BCUT2D eigenvalue weighted by Crippen LogP contribution is 2.25. The smallest absolute Gasteiger partial charge is 0.259 e. The number of aromatic amines is 1. The van der Waals surface area contributed by atoms with Crippen LogP contribution in [0.1, 0.15) is 5.82 Å². The molecule has 0 aliphatic carbocycles. The van der Waals surface area contributed by atoms with Crippen LogP contribution in [0.3, 0.4) is 0 Å². The third kappa shape index (κ3) is 1.74. The predicted octanol–water partition coefficient (Wildman–Crippen LogP) is 2.00. The molecule has 1 heterocycles. The van der Waals surface area contributed by atoms with Crippen LogP contribution in [0.2, 0.25) is 0 Å². The summed E-state index contributed by atoms with van der Waals surface area (Å²) in [5.41, 5.74) is 0.481. The van der Waals surface area contributed by atoms with Gasteiger partial charge >= 0.3 is 0 Å². The van der Waals surface area contributed by atoms with Crippen LogP contribution in [0.15, 0.2) is 21.4 Å². The zero-order valence-electron chi connectivity index (χ0n) is 8.30. The van der Waals surface area contributed by atoms with Crippen molar-refractivity contribution < 1.29 is 4.74 Å². The molecule has 0 atom stereocenters. The van der Waals surface area contributed by atoms with Gasteiger partial charge in [0.1, 0.15) is 11.6 Å². The average Bonchev–Trinajstić information content (AvgIpc) is 2.15. The minimum atomic E-state index is -0.146. The minimum Gasteiger partial charge on any atom is -0.497 e. The molecule has 0 amide bonds. The van der Waals surface area contributed by atoms with Gasteiger partial charge in [0, 0.05) is 10.5 Å². The van der Waals surface area contributed by atoms with E-state index in [1.54, 1.807) is 26.2 Å². The third-order valence-electron chi connectivity index (χ3n) is 2.09. The second kappa shape index (κ2) is 3.66. The highest BCUT2D eigenvalue weighted by molar-refractivity contribution is 9.10. The van der Waals surface area contributed by atoms with Crippen molar-refractivity contribution >= 4 is 26.8 Å². The van der Waals surface area contributed by atoms with E-state index in [0.29, 0.717) is 26.9 Å². The molecule has 1 aromatic heterocycles. The molecule has 0 saturated heterocycles. The molecular formula is C10H9BrN2O2. The molecular weight excluding hydrogens is 260 g/mol. The number of nitrogens with zero attached hydrogens (tertiary/aromatic N) is 1. The van der Waals surface area contributed by atoms with Crippen LogP contribution in [-0.2, 0) is 0 Å². The molecule has 78 valence electrons. The van der Waals surface area contributed by atoms with E-state index in [4.69, 9.17) is 4.74 Å². The van der Waals surface area contributed by atoms with Gasteiger partial charge in [-0.2, -0.15) is 0 Å². The Labute approximate surface area is 94.4 Å². The van der Waals surface area contributed by atoms with Crippen molar-refractivity contribution in [3.05, 3.63) is 32.8 Å². The minimum absolute atomic E-state index is 0.146. The van der Waals surface area contributed by atoms with E-state index in [9.17, 15) is 4.79 Å². The Morgan fingerprint density at radius 2 is 2.20 bits per heavy atom. The van der Waals surface area contributed by atoms with Crippen LogP contribution in [0.25, 0.3) is 10.9 Å². The maximum absolute atomic E-state index is 11.7. The fraction of sp³-hybridized carbons (Fsp3) is 0.200. The fourth-order valence-corrected chi connectivity index (χ4v) is 2.04. The van der Waals surface area contributed by atoms with Gasteiger partial charge in [-0.25, -0.2) is 4.98 Å². The quantitative estimate of drug-likeness (QED) is 0.861. The molecule has 0 radical (unpaired) electrons. The number of aryl methyl sites for hydroxylation is 1. The highest BCUT2D eigenvalue weighted by atomic mass is 79.9. The molecule has 4 nitrogen and oxygen atoms in total. The Kier molecular flexibility index (Phi) is 2.48. The standard InChI is InChI=1S/C10H9BrN2O2/c1-5-12-8-4-6(15-2)3-7(11)9(8)10(14)13-5/h3-4H,1-2H3,(H,12,13,14). The zero-order valence-corrected chi connectivity index (χ0v) is 9.88. The average molecular weight is 269 g/mol. The summed E-state index contributed by atoms with van der Waals surface area (Å²) in [6, 6.07) is 3.48. The first-order valence-corrected chi connectivity index (χ1v) is 5.15. The van der Waals surface area contributed by atoms with Crippen molar-refractivity contribution in [3.8, 4) is 5.75 Å². The van der Waals surface area contributed by atoms with E-state index in [1.807, 2.05) is 0 Å². The Morgan fingerprint density at radius 3 is 2.87 bits per heavy atom. The van der Waals surface area contributed by atoms with E-state index >= 15 is 0 Å². The van der Waals surface area contributed by atoms with Gasteiger partial charge in [-0.1, -0.05) is 0 Å². The van der Waals surface area contributed by atoms with Crippen molar-refractivity contribution in [1.82, 2.24) is 9.97 Å². The lowest BCUT2D eigenvalue weighted by Crippen LogP contribution is -2.10. The molecule has 0 saturated carbocycles. The molecule has 0 fully saturated rings. The fourth-order valence-electron chi connectivity index (χ4n) is 1.43. The van der Waals surface area contributed by atoms with Gasteiger partial charge in [0.2, 0.25) is 0 Å². The van der Waals surface area contributed by atoms with Crippen molar-refractivity contribution in [1.29, 1.82) is 0 Å². The Bertz CT molecular complexity index is 577. The molecule has 1 N–H and O–H groups in total. The van der Waals surface area contributed by atoms with Crippen LogP contribution in [0, 0.1) is 6.92 Å². The summed E-state index contributed by atoms with van der Waals surface area (Å²) in [5, 5.41) is 0.543. The first-order valence-electron chi connectivity index (χ1n) is 4.36. The summed E-state index contributed by atoms with van der Waals surface area (Å²) >= 11 is 3.32. The molecule has 0 unspecified atom stereocenters.